The van der Waals surface area contributed by atoms with Gasteiger partial charge in [0, 0.05) is 23.3 Å². The van der Waals surface area contributed by atoms with Gasteiger partial charge in [-0.1, -0.05) is 41.9 Å². The Bertz CT molecular complexity index is 935. The van der Waals surface area contributed by atoms with Crippen LogP contribution in [0.5, 0.6) is 0 Å². The number of halogens is 2. The molecular weight excluding hydrogens is 407 g/mol. The highest BCUT2D eigenvalue weighted by Gasteiger charge is 2.20. The normalized spacial score (nSPS) is 15.7. The van der Waals surface area contributed by atoms with Gasteiger partial charge in [-0.15, -0.1) is 12.4 Å². The molecule has 0 aliphatic carbocycles. The van der Waals surface area contributed by atoms with Crippen LogP contribution in [-0.2, 0) is 0 Å². The van der Waals surface area contributed by atoms with E-state index in [1.54, 1.807) is 10.9 Å². The zero-order valence-corrected chi connectivity index (χ0v) is 17.5. The van der Waals surface area contributed by atoms with Gasteiger partial charge in [-0.3, -0.25) is 4.79 Å². The maximum absolute atomic E-state index is 12.9. The van der Waals surface area contributed by atoms with E-state index in [0.717, 1.165) is 30.8 Å². The van der Waals surface area contributed by atoms with E-state index in [1.165, 1.54) is 6.42 Å². The number of hydrogen-bond acceptors (Lipinski definition) is 3. The number of amides is 1. The highest BCUT2D eigenvalue weighted by atomic mass is 35.5. The summed E-state index contributed by atoms with van der Waals surface area (Å²) in [5.41, 5.74) is 2.99. The van der Waals surface area contributed by atoms with Gasteiger partial charge in [-0.05, 0) is 56.1 Å². The molecular formula is C22H24Cl2N4O. The maximum Gasteiger partial charge on any atom is 0.255 e. The van der Waals surface area contributed by atoms with Crippen LogP contribution >= 0.6 is 24.0 Å². The number of carbonyl (C=O) groups excluding carboxylic acids is 1. The summed E-state index contributed by atoms with van der Waals surface area (Å²) in [7, 11) is 0. The SMILES string of the molecule is Cl.O=C(NCCC1CCNC1)c1cn(-c2ccccc2)nc1-c1ccc(Cl)cc1. The van der Waals surface area contributed by atoms with Gasteiger partial charge >= 0.3 is 0 Å². The molecule has 0 bridgehead atoms. The average Bonchev–Trinajstić information content (AvgIpc) is 3.39. The molecule has 2 aromatic carbocycles. The lowest BCUT2D eigenvalue weighted by atomic mass is 10.0. The molecule has 5 nitrogen and oxygen atoms in total. The molecule has 1 aliphatic rings. The third-order valence-electron chi connectivity index (χ3n) is 5.10. The predicted octanol–water partition coefficient (Wildman–Crippen LogP) is 4.34. The van der Waals surface area contributed by atoms with Crippen molar-refractivity contribution in [2.75, 3.05) is 19.6 Å². The van der Waals surface area contributed by atoms with Crippen LogP contribution in [0.25, 0.3) is 16.9 Å². The quantitative estimate of drug-likeness (QED) is 0.611. The molecule has 0 radical (unpaired) electrons. The van der Waals surface area contributed by atoms with Crippen LogP contribution in [0.1, 0.15) is 23.2 Å². The first kappa shape index (κ1) is 21.4. The lowest BCUT2D eigenvalue weighted by molar-refractivity contribution is 0.0952. The summed E-state index contributed by atoms with van der Waals surface area (Å²) in [5.74, 6) is 0.543. The molecule has 3 aromatic rings. The fraction of sp³-hybridized carbons (Fsp3) is 0.273. The highest BCUT2D eigenvalue weighted by molar-refractivity contribution is 6.30. The lowest BCUT2D eigenvalue weighted by Crippen LogP contribution is -2.26. The molecule has 152 valence electrons. The molecule has 1 amide bonds. The summed E-state index contributed by atoms with van der Waals surface area (Å²) in [6, 6.07) is 17.2. The number of hydrogen-bond donors (Lipinski definition) is 2. The molecule has 1 aliphatic heterocycles. The van der Waals surface area contributed by atoms with Crippen LogP contribution in [0.4, 0.5) is 0 Å². The van der Waals surface area contributed by atoms with Crippen LogP contribution in [0.15, 0.2) is 60.8 Å². The first-order chi connectivity index (χ1) is 13.7. The van der Waals surface area contributed by atoms with Gasteiger partial charge in [0.1, 0.15) is 5.69 Å². The second-order valence-electron chi connectivity index (χ2n) is 7.08. The summed E-state index contributed by atoms with van der Waals surface area (Å²) in [4.78, 5) is 12.9. The summed E-state index contributed by atoms with van der Waals surface area (Å²) in [6.07, 6.45) is 3.96. The molecule has 1 atom stereocenters. The van der Waals surface area contributed by atoms with Gasteiger partial charge in [0.05, 0.1) is 11.3 Å². The Balaban J connectivity index is 0.00000240. The Morgan fingerprint density at radius 2 is 1.93 bits per heavy atom. The zero-order chi connectivity index (χ0) is 19.3. The van der Waals surface area contributed by atoms with E-state index in [4.69, 9.17) is 11.6 Å². The number of para-hydroxylation sites is 1. The summed E-state index contributed by atoms with van der Waals surface area (Å²) in [6.45, 7) is 2.78. The van der Waals surface area contributed by atoms with Gasteiger partial charge in [0.15, 0.2) is 0 Å². The second kappa shape index (κ2) is 9.92. The topological polar surface area (TPSA) is 59.0 Å². The van der Waals surface area contributed by atoms with E-state index in [9.17, 15) is 4.79 Å². The second-order valence-corrected chi connectivity index (χ2v) is 7.52. The van der Waals surface area contributed by atoms with Crippen molar-refractivity contribution in [1.82, 2.24) is 20.4 Å². The molecule has 4 rings (SSSR count). The standard InChI is InChI=1S/C22H23ClN4O.ClH/c23-18-8-6-17(7-9-18)21-20(15-27(26-21)19-4-2-1-3-5-19)22(28)25-13-11-16-10-12-24-14-16;/h1-9,15-16,24H,10-14H2,(H,25,28);1H. The van der Waals surface area contributed by atoms with E-state index in [0.29, 0.717) is 28.7 Å². The summed E-state index contributed by atoms with van der Waals surface area (Å²) < 4.78 is 1.75. The summed E-state index contributed by atoms with van der Waals surface area (Å²) in [5, 5.41) is 11.8. The number of carbonyl (C=O) groups is 1. The van der Waals surface area contributed by atoms with Gasteiger partial charge in [-0.25, -0.2) is 4.68 Å². The largest absolute Gasteiger partial charge is 0.352 e. The third kappa shape index (κ3) is 5.18. The molecule has 0 spiro atoms. The molecule has 0 saturated carbocycles. The summed E-state index contributed by atoms with van der Waals surface area (Å²) >= 11 is 6.02. The number of aromatic nitrogens is 2. The van der Waals surface area contributed by atoms with E-state index in [1.807, 2.05) is 54.6 Å². The number of nitrogens with one attached hydrogen (secondary N) is 2. The fourth-order valence-corrected chi connectivity index (χ4v) is 3.65. The molecule has 1 saturated heterocycles. The van der Waals surface area contributed by atoms with Crippen molar-refractivity contribution in [1.29, 1.82) is 0 Å². The first-order valence-electron chi connectivity index (χ1n) is 9.60. The Hall–Kier alpha value is -2.34. The Morgan fingerprint density at radius 3 is 2.62 bits per heavy atom. The van der Waals surface area contributed by atoms with Gasteiger partial charge in [0.25, 0.3) is 5.91 Å². The van der Waals surface area contributed by atoms with Crippen molar-refractivity contribution in [2.24, 2.45) is 5.92 Å². The van der Waals surface area contributed by atoms with Crippen LogP contribution in [0.2, 0.25) is 5.02 Å². The van der Waals surface area contributed by atoms with E-state index in [2.05, 4.69) is 15.7 Å². The molecule has 7 heteroatoms. The highest BCUT2D eigenvalue weighted by Crippen LogP contribution is 2.25. The van der Waals surface area contributed by atoms with E-state index >= 15 is 0 Å². The van der Waals surface area contributed by atoms with Crippen molar-refractivity contribution in [3.05, 3.63) is 71.4 Å². The molecule has 2 N–H and O–H groups in total. The van der Waals surface area contributed by atoms with Gasteiger partial charge in [-0.2, -0.15) is 5.10 Å². The molecule has 1 unspecified atom stereocenters. The Labute approximate surface area is 181 Å². The average molecular weight is 431 g/mol. The first-order valence-corrected chi connectivity index (χ1v) is 9.98. The fourth-order valence-electron chi connectivity index (χ4n) is 3.52. The van der Waals surface area contributed by atoms with Crippen molar-refractivity contribution < 1.29 is 4.79 Å². The monoisotopic (exact) mass is 430 g/mol. The van der Waals surface area contributed by atoms with Crippen molar-refractivity contribution >= 4 is 29.9 Å². The van der Waals surface area contributed by atoms with Crippen LogP contribution < -0.4 is 10.6 Å². The van der Waals surface area contributed by atoms with Crippen molar-refractivity contribution in [3.63, 3.8) is 0 Å². The van der Waals surface area contributed by atoms with Crippen LogP contribution in [-0.4, -0.2) is 35.3 Å². The van der Waals surface area contributed by atoms with Crippen molar-refractivity contribution in [3.8, 4) is 16.9 Å². The van der Waals surface area contributed by atoms with E-state index in [-0.39, 0.29) is 18.3 Å². The zero-order valence-electron chi connectivity index (χ0n) is 16.0. The van der Waals surface area contributed by atoms with Crippen LogP contribution in [0, 0.1) is 5.92 Å². The third-order valence-corrected chi connectivity index (χ3v) is 5.35. The number of benzene rings is 2. The number of rotatable bonds is 6. The molecule has 29 heavy (non-hydrogen) atoms. The minimum Gasteiger partial charge on any atom is -0.352 e. The minimum absolute atomic E-state index is 0. The molecule has 1 fully saturated rings. The van der Waals surface area contributed by atoms with Gasteiger partial charge in [0.2, 0.25) is 0 Å². The van der Waals surface area contributed by atoms with Gasteiger partial charge < -0.3 is 10.6 Å². The predicted molar refractivity (Wildman–Crippen MR) is 119 cm³/mol. The maximum atomic E-state index is 12.9. The molecule has 2 heterocycles. The Morgan fingerprint density at radius 1 is 1.17 bits per heavy atom. The molecule has 1 aromatic heterocycles. The Kier molecular flexibility index (Phi) is 7.31. The number of nitrogens with zero attached hydrogens (tertiary/aromatic N) is 2. The van der Waals surface area contributed by atoms with Crippen LogP contribution in [0.3, 0.4) is 0 Å². The van der Waals surface area contributed by atoms with Crippen molar-refractivity contribution in [2.45, 2.75) is 12.8 Å². The lowest BCUT2D eigenvalue weighted by Gasteiger charge is -2.09. The minimum atomic E-state index is -0.0990. The van der Waals surface area contributed by atoms with E-state index < -0.39 is 0 Å². The smallest absolute Gasteiger partial charge is 0.255 e.